The zero-order valence-electron chi connectivity index (χ0n) is 12.1. The summed E-state index contributed by atoms with van der Waals surface area (Å²) in [6.45, 7) is 1.88. The summed E-state index contributed by atoms with van der Waals surface area (Å²) in [6.07, 6.45) is 1.59. The fourth-order valence-electron chi connectivity index (χ4n) is 2.04. The molecule has 7 heteroatoms. The van der Waals surface area contributed by atoms with Gasteiger partial charge in [0.1, 0.15) is 17.3 Å². The van der Waals surface area contributed by atoms with Crippen molar-refractivity contribution in [1.82, 2.24) is 14.9 Å². The van der Waals surface area contributed by atoms with Crippen LogP contribution in [0.4, 0.5) is 0 Å². The molecule has 1 aromatic carbocycles. The van der Waals surface area contributed by atoms with Crippen molar-refractivity contribution in [3.05, 3.63) is 52.7 Å². The van der Waals surface area contributed by atoms with Crippen molar-refractivity contribution in [2.24, 2.45) is 5.10 Å². The van der Waals surface area contributed by atoms with Crippen LogP contribution in [0.3, 0.4) is 0 Å². The second kappa shape index (κ2) is 5.98. The number of hydrogen-bond acceptors (Lipinski definition) is 5. The van der Waals surface area contributed by atoms with Crippen molar-refractivity contribution in [2.45, 2.75) is 6.92 Å². The van der Waals surface area contributed by atoms with Crippen LogP contribution < -0.4 is 4.74 Å². The standard InChI is InChI=1S/C15H14N4O2S/c1-10-7-8-11(21-10)9-16-19-14(17-18-15(19)22)12-5-3-4-6-13(12)20-2/h3-9H,1-2H3,(H,18,22). The van der Waals surface area contributed by atoms with Gasteiger partial charge in [0.25, 0.3) is 0 Å². The molecule has 0 radical (unpaired) electrons. The van der Waals surface area contributed by atoms with Crippen LogP contribution in [0.15, 0.2) is 45.9 Å². The number of furan rings is 1. The Morgan fingerprint density at radius 2 is 2.14 bits per heavy atom. The summed E-state index contributed by atoms with van der Waals surface area (Å²) in [5.74, 6) is 2.73. The highest BCUT2D eigenvalue weighted by Gasteiger charge is 2.12. The van der Waals surface area contributed by atoms with Crippen LogP contribution >= 0.6 is 12.2 Å². The third-order valence-corrected chi connectivity index (χ3v) is 3.32. The summed E-state index contributed by atoms with van der Waals surface area (Å²) < 4.78 is 12.7. The van der Waals surface area contributed by atoms with Gasteiger partial charge in [-0.15, -0.1) is 0 Å². The van der Waals surface area contributed by atoms with Crippen molar-refractivity contribution in [1.29, 1.82) is 0 Å². The molecular formula is C15H14N4O2S. The van der Waals surface area contributed by atoms with Crippen LogP contribution in [-0.2, 0) is 0 Å². The van der Waals surface area contributed by atoms with E-state index in [1.807, 2.05) is 43.3 Å². The first-order valence-corrected chi connectivity index (χ1v) is 7.01. The van der Waals surface area contributed by atoms with E-state index >= 15 is 0 Å². The van der Waals surface area contributed by atoms with E-state index in [1.54, 1.807) is 13.3 Å². The predicted octanol–water partition coefficient (Wildman–Crippen LogP) is 3.40. The average molecular weight is 314 g/mol. The van der Waals surface area contributed by atoms with Crippen molar-refractivity contribution in [3.63, 3.8) is 0 Å². The Balaban J connectivity index is 2.04. The molecule has 0 bridgehead atoms. The number of para-hydroxylation sites is 1. The molecule has 0 saturated carbocycles. The highest BCUT2D eigenvalue weighted by Crippen LogP contribution is 2.27. The number of rotatable bonds is 4. The molecule has 2 aromatic heterocycles. The summed E-state index contributed by atoms with van der Waals surface area (Å²) in [7, 11) is 1.61. The van der Waals surface area contributed by atoms with Gasteiger partial charge in [0.2, 0.25) is 4.77 Å². The minimum atomic E-state index is 0.389. The highest BCUT2D eigenvalue weighted by molar-refractivity contribution is 7.71. The number of nitrogens with one attached hydrogen (secondary N) is 1. The molecule has 1 N–H and O–H groups in total. The van der Waals surface area contributed by atoms with E-state index in [1.165, 1.54) is 4.68 Å². The molecule has 112 valence electrons. The number of aryl methyl sites for hydroxylation is 1. The zero-order chi connectivity index (χ0) is 15.5. The molecule has 0 fully saturated rings. The third kappa shape index (κ3) is 2.71. The lowest BCUT2D eigenvalue weighted by Crippen LogP contribution is -1.96. The van der Waals surface area contributed by atoms with Crippen LogP contribution in [0.5, 0.6) is 5.75 Å². The van der Waals surface area contributed by atoms with Crippen LogP contribution in [0, 0.1) is 11.7 Å². The number of nitrogens with zero attached hydrogens (tertiary/aromatic N) is 3. The van der Waals surface area contributed by atoms with Crippen LogP contribution in [0.2, 0.25) is 0 Å². The number of aromatic amines is 1. The molecule has 22 heavy (non-hydrogen) atoms. The smallest absolute Gasteiger partial charge is 0.216 e. The van der Waals surface area contributed by atoms with Gasteiger partial charge in [-0.1, -0.05) is 12.1 Å². The Morgan fingerprint density at radius 3 is 2.86 bits per heavy atom. The third-order valence-electron chi connectivity index (χ3n) is 3.06. The lowest BCUT2D eigenvalue weighted by atomic mass is 10.2. The monoisotopic (exact) mass is 314 g/mol. The van der Waals surface area contributed by atoms with Crippen LogP contribution in [0.1, 0.15) is 11.5 Å². The van der Waals surface area contributed by atoms with Gasteiger partial charge < -0.3 is 9.15 Å². The second-order valence-electron chi connectivity index (χ2n) is 4.56. The van der Waals surface area contributed by atoms with E-state index < -0.39 is 0 Å². The Morgan fingerprint density at radius 1 is 1.32 bits per heavy atom. The average Bonchev–Trinajstić information content (AvgIpc) is 3.11. The Bertz CT molecular complexity index is 876. The normalized spacial score (nSPS) is 11.2. The molecule has 3 aromatic rings. The molecule has 0 spiro atoms. The quantitative estimate of drug-likeness (QED) is 0.592. The molecule has 0 amide bonds. The van der Waals surface area contributed by atoms with Gasteiger partial charge in [0.05, 0.1) is 18.9 Å². The molecule has 6 nitrogen and oxygen atoms in total. The lowest BCUT2D eigenvalue weighted by Gasteiger charge is -2.06. The van der Waals surface area contributed by atoms with Gasteiger partial charge in [0, 0.05) is 0 Å². The van der Waals surface area contributed by atoms with E-state index in [4.69, 9.17) is 21.4 Å². The predicted molar refractivity (Wildman–Crippen MR) is 85.8 cm³/mol. The topological polar surface area (TPSA) is 68.3 Å². The Labute approximate surface area is 132 Å². The van der Waals surface area contributed by atoms with Gasteiger partial charge in [0.15, 0.2) is 5.82 Å². The van der Waals surface area contributed by atoms with Gasteiger partial charge in [-0.25, -0.2) is 5.10 Å². The maximum absolute atomic E-state index is 5.46. The van der Waals surface area contributed by atoms with Gasteiger partial charge in [-0.2, -0.15) is 14.9 Å². The molecule has 0 aliphatic heterocycles. The first-order valence-electron chi connectivity index (χ1n) is 6.60. The van der Waals surface area contributed by atoms with Crippen molar-refractivity contribution >= 4 is 18.4 Å². The summed E-state index contributed by atoms with van der Waals surface area (Å²) >= 11 is 5.23. The number of H-pyrrole nitrogens is 1. The van der Waals surface area contributed by atoms with Gasteiger partial charge in [-0.05, 0) is 43.4 Å². The minimum Gasteiger partial charge on any atom is -0.496 e. The lowest BCUT2D eigenvalue weighted by molar-refractivity contribution is 0.416. The van der Waals surface area contributed by atoms with Crippen molar-refractivity contribution in [3.8, 4) is 17.1 Å². The Kier molecular flexibility index (Phi) is 3.88. The summed E-state index contributed by atoms with van der Waals surface area (Å²) in [5, 5.41) is 11.3. The van der Waals surface area contributed by atoms with Crippen molar-refractivity contribution in [2.75, 3.05) is 7.11 Å². The largest absolute Gasteiger partial charge is 0.496 e. The zero-order valence-corrected chi connectivity index (χ0v) is 12.9. The Hall–Kier alpha value is -2.67. The van der Waals surface area contributed by atoms with E-state index in [9.17, 15) is 0 Å². The fourth-order valence-corrected chi connectivity index (χ4v) is 2.22. The summed E-state index contributed by atoms with van der Waals surface area (Å²) in [5.41, 5.74) is 0.796. The fraction of sp³-hybridized carbons (Fsp3) is 0.133. The van der Waals surface area contributed by atoms with Gasteiger partial charge in [-0.3, -0.25) is 0 Å². The van der Waals surface area contributed by atoms with E-state index in [0.717, 1.165) is 11.3 Å². The molecule has 0 aliphatic carbocycles. The number of aromatic nitrogens is 3. The molecule has 0 atom stereocenters. The molecule has 0 aliphatic rings. The molecule has 0 saturated heterocycles. The molecule has 0 unspecified atom stereocenters. The van der Waals surface area contributed by atoms with Crippen LogP contribution in [-0.4, -0.2) is 28.2 Å². The molecule has 3 rings (SSSR count). The molecular weight excluding hydrogens is 300 g/mol. The number of benzene rings is 1. The highest BCUT2D eigenvalue weighted by atomic mass is 32.1. The van der Waals surface area contributed by atoms with Crippen molar-refractivity contribution < 1.29 is 9.15 Å². The van der Waals surface area contributed by atoms with Gasteiger partial charge >= 0.3 is 0 Å². The number of ether oxygens (including phenoxy) is 1. The first-order chi connectivity index (χ1) is 10.7. The maximum Gasteiger partial charge on any atom is 0.216 e. The number of hydrogen-bond donors (Lipinski definition) is 1. The SMILES string of the molecule is COc1ccccc1-c1n[nH]c(=S)n1N=Cc1ccc(C)o1. The summed E-state index contributed by atoms with van der Waals surface area (Å²) in [4.78, 5) is 0. The van der Waals surface area contributed by atoms with Crippen LogP contribution in [0.25, 0.3) is 11.4 Å². The first kappa shape index (κ1) is 14.3. The minimum absolute atomic E-state index is 0.389. The molecule has 2 heterocycles. The number of methoxy groups -OCH3 is 1. The van der Waals surface area contributed by atoms with E-state index in [2.05, 4.69) is 15.3 Å². The summed E-state index contributed by atoms with van der Waals surface area (Å²) in [6, 6.07) is 11.3. The van der Waals surface area contributed by atoms with E-state index in [0.29, 0.717) is 22.1 Å². The maximum atomic E-state index is 5.46. The second-order valence-corrected chi connectivity index (χ2v) is 4.94. The van der Waals surface area contributed by atoms with E-state index in [-0.39, 0.29) is 0 Å².